The maximum absolute atomic E-state index is 10.6. The second kappa shape index (κ2) is 7.77. The van der Waals surface area contributed by atoms with Crippen molar-refractivity contribution in [3.63, 3.8) is 0 Å². The van der Waals surface area contributed by atoms with Crippen molar-refractivity contribution in [1.82, 2.24) is 10.2 Å². The predicted octanol–water partition coefficient (Wildman–Crippen LogP) is 3.16. The summed E-state index contributed by atoms with van der Waals surface area (Å²) in [5.74, 6) is -1.94. The van der Waals surface area contributed by atoms with Gasteiger partial charge in [-0.2, -0.15) is 18.3 Å². The first-order chi connectivity index (χ1) is 12.6. The van der Waals surface area contributed by atoms with E-state index in [-0.39, 0.29) is 5.84 Å². The molecule has 0 aliphatic heterocycles. The van der Waals surface area contributed by atoms with Crippen LogP contribution in [0, 0.1) is 5.41 Å². The Bertz CT molecular complexity index is 969. The molecule has 1 heterocycles. The number of benzene rings is 2. The lowest BCUT2D eigenvalue weighted by molar-refractivity contribution is -0.192. The number of carbonyl (C=O) groups is 1. The molecule has 0 unspecified atom stereocenters. The number of nitrogen functional groups attached to an aromatic ring is 1. The SMILES string of the molecule is COc1ccc2ccc(C(=N)N)cc2c1-c1cn[nH]c1.O=C(O)C(F)(F)F. The predicted molar refractivity (Wildman–Crippen MR) is 92.8 cm³/mol. The lowest BCUT2D eigenvalue weighted by Crippen LogP contribution is -2.21. The summed E-state index contributed by atoms with van der Waals surface area (Å²) in [6.45, 7) is 0. The molecule has 10 heteroatoms. The molecule has 0 bridgehead atoms. The van der Waals surface area contributed by atoms with Gasteiger partial charge in [-0.3, -0.25) is 10.5 Å². The summed E-state index contributed by atoms with van der Waals surface area (Å²) in [7, 11) is 1.64. The fourth-order valence-corrected chi connectivity index (χ4v) is 2.32. The van der Waals surface area contributed by atoms with Gasteiger partial charge in [-0.15, -0.1) is 0 Å². The molecule has 2 aromatic carbocycles. The summed E-state index contributed by atoms with van der Waals surface area (Å²) in [6, 6.07) is 9.62. The van der Waals surface area contributed by atoms with Gasteiger partial charge in [-0.1, -0.05) is 18.2 Å². The van der Waals surface area contributed by atoms with E-state index in [1.165, 1.54) is 0 Å². The Kier molecular flexibility index (Phi) is 5.69. The maximum Gasteiger partial charge on any atom is 0.490 e. The van der Waals surface area contributed by atoms with Crippen molar-refractivity contribution in [2.75, 3.05) is 7.11 Å². The maximum atomic E-state index is 10.6. The first-order valence-electron chi connectivity index (χ1n) is 7.39. The van der Waals surface area contributed by atoms with Gasteiger partial charge in [0.1, 0.15) is 11.6 Å². The fourth-order valence-electron chi connectivity index (χ4n) is 2.32. The molecule has 27 heavy (non-hydrogen) atoms. The number of H-pyrrole nitrogens is 1. The van der Waals surface area contributed by atoms with Gasteiger partial charge in [-0.25, -0.2) is 4.79 Å². The minimum atomic E-state index is -5.08. The van der Waals surface area contributed by atoms with Crippen LogP contribution >= 0.6 is 0 Å². The number of nitrogens with one attached hydrogen (secondary N) is 2. The molecule has 0 saturated heterocycles. The number of ether oxygens (including phenoxy) is 1. The lowest BCUT2D eigenvalue weighted by atomic mass is 9.97. The van der Waals surface area contributed by atoms with Crippen LogP contribution in [0.3, 0.4) is 0 Å². The Morgan fingerprint density at radius 2 is 1.93 bits per heavy atom. The number of carboxylic acid groups (broad SMARTS) is 1. The topological polar surface area (TPSA) is 125 Å². The molecule has 0 aliphatic carbocycles. The van der Waals surface area contributed by atoms with Gasteiger partial charge in [0.15, 0.2) is 0 Å². The molecule has 0 aliphatic rings. The van der Waals surface area contributed by atoms with E-state index in [0.29, 0.717) is 5.56 Å². The van der Waals surface area contributed by atoms with E-state index >= 15 is 0 Å². The van der Waals surface area contributed by atoms with Crippen molar-refractivity contribution in [3.05, 3.63) is 48.3 Å². The van der Waals surface area contributed by atoms with E-state index < -0.39 is 12.1 Å². The second-order valence-electron chi connectivity index (χ2n) is 5.28. The Hall–Kier alpha value is -3.56. The fraction of sp³-hybridized carbons (Fsp3) is 0.118. The standard InChI is InChI=1S/C15H14N4O.C2HF3O2/c1-20-13-5-4-9-2-3-10(15(16)17)6-12(9)14(13)11-7-18-19-8-11;3-2(4,5)1(6)7/h2-8H,1H3,(H3,16,17)(H,18,19);(H,6,7). The zero-order valence-corrected chi connectivity index (χ0v) is 14.0. The van der Waals surface area contributed by atoms with Crippen LogP contribution in [-0.2, 0) is 4.79 Å². The summed E-state index contributed by atoms with van der Waals surface area (Å²) in [4.78, 5) is 8.90. The third kappa shape index (κ3) is 4.54. The monoisotopic (exact) mass is 380 g/mol. The zero-order chi connectivity index (χ0) is 20.2. The lowest BCUT2D eigenvalue weighted by Gasteiger charge is -2.11. The number of nitrogens with zero attached hydrogens (tertiary/aromatic N) is 1. The zero-order valence-electron chi connectivity index (χ0n) is 14.0. The van der Waals surface area contributed by atoms with E-state index in [1.54, 1.807) is 13.3 Å². The molecule has 3 aromatic rings. The van der Waals surface area contributed by atoms with Crippen molar-refractivity contribution in [1.29, 1.82) is 5.41 Å². The van der Waals surface area contributed by atoms with Crippen LogP contribution in [0.15, 0.2) is 42.7 Å². The number of aromatic nitrogens is 2. The molecule has 5 N–H and O–H groups in total. The summed E-state index contributed by atoms with van der Waals surface area (Å²) in [6.07, 6.45) is -1.52. The van der Waals surface area contributed by atoms with Crippen LogP contribution in [-0.4, -0.2) is 40.4 Å². The molecule has 0 atom stereocenters. The number of nitrogens with two attached hydrogens (primary N) is 1. The highest BCUT2D eigenvalue weighted by atomic mass is 19.4. The molecular formula is C17H15F3N4O3. The number of carboxylic acids is 1. The van der Waals surface area contributed by atoms with Crippen LogP contribution in [0.4, 0.5) is 13.2 Å². The van der Waals surface area contributed by atoms with Gasteiger partial charge in [0.05, 0.1) is 13.3 Å². The number of hydrogen-bond donors (Lipinski definition) is 4. The van der Waals surface area contributed by atoms with Crippen LogP contribution in [0.2, 0.25) is 0 Å². The van der Waals surface area contributed by atoms with E-state index in [1.807, 2.05) is 36.5 Å². The number of amidine groups is 1. The van der Waals surface area contributed by atoms with E-state index in [0.717, 1.165) is 27.6 Å². The number of fused-ring (bicyclic) bond motifs is 1. The van der Waals surface area contributed by atoms with Crippen molar-refractivity contribution in [3.8, 4) is 16.9 Å². The smallest absolute Gasteiger partial charge is 0.490 e. The van der Waals surface area contributed by atoms with Crippen LogP contribution in [0.25, 0.3) is 21.9 Å². The van der Waals surface area contributed by atoms with Gasteiger partial charge in [0.2, 0.25) is 0 Å². The van der Waals surface area contributed by atoms with E-state index in [2.05, 4.69) is 10.2 Å². The number of aliphatic carboxylic acids is 1. The van der Waals surface area contributed by atoms with Crippen molar-refractivity contribution < 1.29 is 27.8 Å². The Morgan fingerprint density at radius 1 is 1.30 bits per heavy atom. The van der Waals surface area contributed by atoms with Crippen LogP contribution in [0.1, 0.15) is 5.56 Å². The first-order valence-corrected chi connectivity index (χ1v) is 7.39. The number of hydrogen-bond acceptors (Lipinski definition) is 4. The van der Waals surface area contributed by atoms with E-state index in [9.17, 15) is 13.2 Å². The van der Waals surface area contributed by atoms with Gasteiger partial charge >= 0.3 is 12.1 Å². The summed E-state index contributed by atoms with van der Waals surface area (Å²) >= 11 is 0. The van der Waals surface area contributed by atoms with E-state index in [4.69, 9.17) is 25.8 Å². The third-order valence-electron chi connectivity index (χ3n) is 3.54. The summed E-state index contributed by atoms with van der Waals surface area (Å²) < 4.78 is 37.2. The van der Waals surface area contributed by atoms with Crippen molar-refractivity contribution in [2.45, 2.75) is 6.18 Å². The quantitative estimate of drug-likeness (QED) is 0.410. The second-order valence-corrected chi connectivity index (χ2v) is 5.28. The summed E-state index contributed by atoms with van der Waals surface area (Å²) in [5.41, 5.74) is 8.15. The number of halogens is 3. The molecule has 0 radical (unpaired) electrons. The highest BCUT2D eigenvalue weighted by Crippen LogP contribution is 2.36. The highest BCUT2D eigenvalue weighted by Gasteiger charge is 2.38. The highest BCUT2D eigenvalue weighted by molar-refractivity contribution is 6.05. The molecule has 0 amide bonds. The third-order valence-corrected chi connectivity index (χ3v) is 3.54. The van der Waals surface area contributed by atoms with Crippen LogP contribution < -0.4 is 10.5 Å². The average molecular weight is 380 g/mol. The number of rotatable bonds is 3. The number of aromatic amines is 1. The normalized spacial score (nSPS) is 10.8. The number of methoxy groups -OCH3 is 1. The first kappa shape index (κ1) is 19.8. The van der Waals surface area contributed by atoms with Crippen molar-refractivity contribution in [2.24, 2.45) is 5.73 Å². The average Bonchev–Trinajstić information content (AvgIpc) is 3.13. The molecule has 0 saturated carbocycles. The minimum Gasteiger partial charge on any atom is -0.496 e. The van der Waals surface area contributed by atoms with Gasteiger partial charge in [0.25, 0.3) is 0 Å². The molecule has 0 spiro atoms. The van der Waals surface area contributed by atoms with Crippen molar-refractivity contribution >= 4 is 22.6 Å². The van der Waals surface area contributed by atoms with Gasteiger partial charge < -0.3 is 15.6 Å². The summed E-state index contributed by atoms with van der Waals surface area (Å²) in [5, 5.41) is 23.6. The minimum absolute atomic E-state index is 0.0489. The Morgan fingerprint density at radius 3 is 2.41 bits per heavy atom. The molecule has 142 valence electrons. The Balaban J connectivity index is 0.000000321. The molecule has 3 rings (SSSR count). The molecule has 0 fully saturated rings. The van der Waals surface area contributed by atoms with Gasteiger partial charge in [0, 0.05) is 22.9 Å². The largest absolute Gasteiger partial charge is 0.496 e. The molecular weight excluding hydrogens is 365 g/mol. The molecule has 1 aromatic heterocycles. The number of alkyl halides is 3. The van der Waals surface area contributed by atoms with Crippen LogP contribution in [0.5, 0.6) is 5.75 Å². The van der Waals surface area contributed by atoms with Gasteiger partial charge in [-0.05, 0) is 22.9 Å². The molecule has 7 nitrogen and oxygen atoms in total. The Labute approximate surface area is 151 Å².